The lowest BCUT2D eigenvalue weighted by Gasteiger charge is -2.15. The Balaban J connectivity index is 1.74. The van der Waals surface area contributed by atoms with E-state index in [1.54, 1.807) is 6.07 Å². The Morgan fingerprint density at radius 1 is 1.39 bits per heavy atom. The lowest BCUT2D eigenvalue weighted by molar-refractivity contribution is 0.0915. The number of amides is 1. The quantitative estimate of drug-likeness (QED) is 0.754. The molecule has 3 rings (SSSR count). The maximum absolute atomic E-state index is 12.3. The van der Waals surface area contributed by atoms with Crippen LogP contribution in [0, 0.1) is 6.92 Å². The van der Waals surface area contributed by atoms with Crippen molar-refractivity contribution in [1.82, 2.24) is 10.3 Å². The monoisotopic (exact) mass is 328 g/mol. The van der Waals surface area contributed by atoms with Crippen molar-refractivity contribution < 1.29 is 14.3 Å². The second kappa shape index (κ2) is 6.76. The molecular formula is C17H16N2O3S. The first kappa shape index (κ1) is 15.5. The van der Waals surface area contributed by atoms with Crippen LogP contribution < -0.4 is 5.32 Å². The van der Waals surface area contributed by atoms with Gasteiger partial charge in [0.15, 0.2) is 5.76 Å². The number of aryl methyl sites for hydroxylation is 1. The van der Waals surface area contributed by atoms with E-state index in [0.717, 1.165) is 10.6 Å². The van der Waals surface area contributed by atoms with Gasteiger partial charge in [-0.25, -0.2) is 4.98 Å². The third-order valence-corrected chi connectivity index (χ3v) is 4.20. The molecule has 0 fully saturated rings. The third-order valence-electron chi connectivity index (χ3n) is 3.42. The Morgan fingerprint density at radius 2 is 2.17 bits per heavy atom. The standard InChI is InChI=1S/C17H16N2O3S/c1-11-18-15(10-23-11)16-7-13(9-22-16)17(21)19-14(8-20)12-5-3-2-4-6-12/h2-7,9-10,14,20H,8H2,1H3,(H,19,21). The summed E-state index contributed by atoms with van der Waals surface area (Å²) in [5.74, 6) is 0.259. The molecule has 0 radical (unpaired) electrons. The largest absolute Gasteiger partial charge is 0.462 e. The van der Waals surface area contributed by atoms with E-state index >= 15 is 0 Å². The van der Waals surface area contributed by atoms with E-state index in [-0.39, 0.29) is 12.5 Å². The van der Waals surface area contributed by atoms with Crippen LogP contribution in [-0.2, 0) is 0 Å². The number of aromatic nitrogens is 1. The van der Waals surface area contributed by atoms with Crippen LogP contribution in [0.4, 0.5) is 0 Å². The van der Waals surface area contributed by atoms with E-state index in [9.17, 15) is 9.90 Å². The molecule has 1 aromatic carbocycles. The molecule has 6 heteroatoms. The van der Waals surface area contributed by atoms with Crippen molar-refractivity contribution in [1.29, 1.82) is 0 Å². The van der Waals surface area contributed by atoms with Crippen molar-refractivity contribution in [2.24, 2.45) is 0 Å². The van der Waals surface area contributed by atoms with Crippen molar-refractivity contribution in [3.05, 3.63) is 64.2 Å². The number of furan rings is 1. The Morgan fingerprint density at radius 3 is 2.83 bits per heavy atom. The highest BCUT2D eigenvalue weighted by molar-refractivity contribution is 7.09. The average Bonchev–Trinajstić information content (AvgIpc) is 3.22. The number of rotatable bonds is 5. The average molecular weight is 328 g/mol. The maximum Gasteiger partial charge on any atom is 0.255 e. The summed E-state index contributed by atoms with van der Waals surface area (Å²) < 4.78 is 5.43. The predicted octanol–water partition coefficient (Wildman–Crippen LogP) is 3.17. The van der Waals surface area contributed by atoms with E-state index in [1.807, 2.05) is 42.6 Å². The SMILES string of the molecule is Cc1nc(-c2cc(C(=O)NC(CO)c3ccccc3)co2)cs1. The third kappa shape index (κ3) is 3.49. The predicted molar refractivity (Wildman–Crippen MR) is 88.3 cm³/mol. The van der Waals surface area contributed by atoms with Gasteiger partial charge < -0.3 is 14.8 Å². The summed E-state index contributed by atoms with van der Waals surface area (Å²) in [6.45, 7) is 1.74. The first-order valence-electron chi connectivity index (χ1n) is 7.15. The molecule has 118 valence electrons. The summed E-state index contributed by atoms with van der Waals surface area (Å²) in [6.07, 6.45) is 1.40. The van der Waals surface area contributed by atoms with Gasteiger partial charge >= 0.3 is 0 Å². The van der Waals surface area contributed by atoms with Gasteiger partial charge in [-0.2, -0.15) is 0 Å². The lowest BCUT2D eigenvalue weighted by Crippen LogP contribution is -2.30. The lowest BCUT2D eigenvalue weighted by atomic mass is 10.1. The smallest absolute Gasteiger partial charge is 0.255 e. The van der Waals surface area contributed by atoms with Gasteiger partial charge in [0.1, 0.15) is 12.0 Å². The van der Waals surface area contributed by atoms with Crippen LogP contribution in [-0.4, -0.2) is 22.6 Å². The number of aliphatic hydroxyl groups excluding tert-OH is 1. The molecule has 2 heterocycles. The number of aliphatic hydroxyl groups is 1. The van der Waals surface area contributed by atoms with Gasteiger partial charge in [-0.05, 0) is 18.6 Å². The Labute approximate surface area is 137 Å². The van der Waals surface area contributed by atoms with Crippen molar-refractivity contribution in [2.45, 2.75) is 13.0 Å². The number of thiazole rings is 1. The number of carbonyl (C=O) groups excluding carboxylic acids is 1. The Bertz CT molecular complexity index is 795. The molecule has 0 aliphatic carbocycles. The minimum Gasteiger partial charge on any atom is -0.462 e. The fourth-order valence-corrected chi connectivity index (χ4v) is 2.83. The number of benzene rings is 1. The zero-order valence-corrected chi connectivity index (χ0v) is 13.3. The van der Waals surface area contributed by atoms with E-state index in [2.05, 4.69) is 10.3 Å². The highest BCUT2D eigenvalue weighted by Gasteiger charge is 2.17. The van der Waals surface area contributed by atoms with Crippen LogP contribution in [0.5, 0.6) is 0 Å². The van der Waals surface area contributed by atoms with Crippen molar-refractivity contribution in [3.63, 3.8) is 0 Å². The number of hydrogen-bond acceptors (Lipinski definition) is 5. The van der Waals surface area contributed by atoms with Crippen molar-refractivity contribution in [3.8, 4) is 11.5 Å². The van der Waals surface area contributed by atoms with E-state index in [4.69, 9.17) is 4.42 Å². The first-order chi connectivity index (χ1) is 11.2. The summed E-state index contributed by atoms with van der Waals surface area (Å²) in [5.41, 5.74) is 1.97. The van der Waals surface area contributed by atoms with E-state index < -0.39 is 6.04 Å². The van der Waals surface area contributed by atoms with Crippen LogP contribution in [0.3, 0.4) is 0 Å². The van der Waals surface area contributed by atoms with Crippen molar-refractivity contribution in [2.75, 3.05) is 6.61 Å². The topological polar surface area (TPSA) is 75.4 Å². The van der Waals surface area contributed by atoms with Crippen LogP contribution >= 0.6 is 11.3 Å². The molecule has 0 aliphatic heterocycles. The molecule has 0 saturated carbocycles. The highest BCUT2D eigenvalue weighted by atomic mass is 32.1. The van der Waals surface area contributed by atoms with Gasteiger partial charge in [-0.1, -0.05) is 30.3 Å². The van der Waals surface area contributed by atoms with Crippen LogP contribution in [0.15, 0.2) is 52.5 Å². The van der Waals surface area contributed by atoms with Gasteiger partial charge in [0.2, 0.25) is 0 Å². The molecule has 23 heavy (non-hydrogen) atoms. The zero-order valence-electron chi connectivity index (χ0n) is 12.5. The van der Waals surface area contributed by atoms with E-state index in [0.29, 0.717) is 17.0 Å². The fourth-order valence-electron chi connectivity index (χ4n) is 2.23. The van der Waals surface area contributed by atoms with Gasteiger partial charge in [0.25, 0.3) is 5.91 Å². The fraction of sp³-hybridized carbons (Fsp3) is 0.176. The summed E-state index contributed by atoms with van der Waals surface area (Å²) in [4.78, 5) is 16.7. The molecule has 3 aromatic rings. The highest BCUT2D eigenvalue weighted by Crippen LogP contribution is 2.24. The molecule has 5 nitrogen and oxygen atoms in total. The molecule has 1 atom stereocenters. The minimum atomic E-state index is -0.455. The molecule has 0 saturated heterocycles. The number of nitrogens with zero attached hydrogens (tertiary/aromatic N) is 1. The maximum atomic E-state index is 12.3. The Hall–Kier alpha value is -2.44. The molecule has 1 unspecified atom stereocenters. The number of carbonyl (C=O) groups is 1. The van der Waals surface area contributed by atoms with Crippen LogP contribution in [0.25, 0.3) is 11.5 Å². The minimum absolute atomic E-state index is 0.175. The van der Waals surface area contributed by atoms with Crippen LogP contribution in [0.2, 0.25) is 0 Å². The summed E-state index contributed by atoms with van der Waals surface area (Å²) >= 11 is 1.52. The second-order valence-electron chi connectivity index (χ2n) is 5.07. The van der Waals surface area contributed by atoms with Crippen molar-refractivity contribution >= 4 is 17.2 Å². The van der Waals surface area contributed by atoms with Gasteiger partial charge in [0.05, 0.1) is 23.2 Å². The summed E-state index contributed by atoms with van der Waals surface area (Å²) in [7, 11) is 0. The van der Waals surface area contributed by atoms with Gasteiger partial charge in [-0.3, -0.25) is 4.79 Å². The summed E-state index contributed by atoms with van der Waals surface area (Å²) in [6, 6.07) is 10.5. The molecule has 0 bridgehead atoms. The van der Waals surface area contributed by atoms with E-state index in [1.165, 1.54) is 17.6 Å². The Kier molecular flexibility index (Phi) is 4.55. The normalized spacial score (nSPS) is 12.1. The number of nitrogens with one attached hydrogen (secondary N) is 1. The molecule has 2 N–H and O–H groups in total. The first-order valence-corrected chi connectivity index (χ1v) is 8.03. The second-order valence-corrected chi connectivity index (χ2v) is 6.13. The van der Waals surface area contributed by atoms with Crippen LogP contribution in [0.1, 0.15) is 27.0 Å². The molecule has 2 aromatic heterocycles. The summed E-state index contributed by atoms with van der Waals surface area (Å²) in [5, 5.41) is 15.1. The van der Waals surface area contributed by atoms with Gasteiger partial charge in [0, 0.05) is 5.38 Å². The number of hydrogen-bond donors (Lipinski definition) is 2. The molecule has 0 aliphatic rings. The van der Waals surface area contributed by atoms with Gasteiger partial charge in [-0.15, -0.1) is 11.3 Å². The zero-order chi connectivity index (χ0) is 16.2. The molecule has 1 amide bonds. The molecular weight excluding hydrogens is 312 g/mol. The molecule has 0 spiro atoms.